The molecule has 12 aromatic rings. The van der Waals surface area contributed by atoms with Crippen LogP contribution in [0.5, 0.6) is 0 Å². The summed E-state index contributed by atoms with van der Waals surface area (Å²) < 4.78 is 2.59. The lowest BCUT2D eigenvalue weighted by molar-refractivity contribution is 0.521. The van der Waals surface area contributed by atoms with Crippen LogP contribution in [0.4, 0.5) is 45.5 Å². The second-order valence-electron chi connectivity index (χ2n) is 31.8. The molecule has 1 aliphatic carbocycles. The molecule has 0 atom stereocenters. The number of fused-ring (bicyclic) bond motifs is 10. The highest BCUT2D eigenvalue weighted by Crippen LogP contribution is 2.58. The maximum Gasteiger partial charge on any atom is 0.333 e. The zero-order valence-electron chi connectivity index (χ0n) is 57.3. The summed E-state index contributed by atoms with van der Waals surface area (Å²) in [5.74, 6) is 0. The lowest BCUT2D eigenvalue weighted by Gasteiger charge is -2.49. The van der Waals surface area contributed by atoms with Gasteiger partial charge in [-0.3, -0.25) is 0 Å². The van der Waals surface area contributed by atoms with E-state index in [0.717, 1.165) is 22.7 Å². The van der Waals surface area contributed by atoms with Crippen molar-refractivity contribution in [1.82, 2.24) is 0 Å². The molecule has 0 spiro atoms. The molecule has 1 aromatic heterocycles. The van der Waals surface area contributed by atoms with Gasteiger partial charge in [0, 0.05) is 93.1 Å². The maximum absolute atomic E-state index is 2.79. The zero-order valence-corrected chi connectivity index (χ0v) is 58.1. The van der Waals surface area contributed by atoms with Crippen molar-refractivity contribution in [3.63, 3.8) is 0 Å². The Labute approximate surface area is 557 Å². The molecule has 93 heavy (non-hydrogen) atoms. The fourth-order valence-corrected chi connectivity index (χ4v) is 16.8. The van der Waals surface area contributed by atoms with E-state index in [-0.39, 0.29) is 39.3 Å². The quantitative estimate of drug-likeness (QED) is 0.147. The smallest absolute Gasteiger partial charge is 0.333 e. The number of thiophene rings is 1. The summed E-state index contributed by atoms with van der Waals surface area (Å²) in [6.07, 6.45) is 0. The number of rotatable bonds is 7. The first-order valence-electron chi connectivity index (χ1n) is 33.6. The van der Waals surface area contributed by atoms with Gasteiger partial charge in [-0.2, -0.15) is 0 Å². The average molecular weight is 1230 g/mol. The topological polar surface area (TPSA) is 9.72 Å². The molecular formula is C88H86BN3S. The summed E-state index contributed by atoms with van der Waals surface area (Å²) in [4.78, 5) is 8.01. The average Bonchev–Trinajstić information content (AvgIpc) is 1.35. The van der Waals surface area contributed by atoms with Crippen molar-refractivity contribution in [2.45, 2.75) is 143 Å². The van der Waals surface area contributed by atoms with Crippen LogP contribution < -0.4 is 25.5 Å². The van der Waals surface area contributed by atoms with Crippen LogP contribution in [-0.4, -0.2) is 6.85 Å². The van der Waals surface area contributed by atoms with Gasteiger partial charge in [0.2, 0.25) is 0 Å². The Morgan fingerprint density at radius 2 is 0.796 bits per heavy atom. The van der Waals surface area contributed by atoms with Gasteiger partial charge in [0.15, 0.2) is 0 Å². The van der Waals surface area contributed by atoms with Gasteiger partial charge in [-0.15, -0.1) is 11.3 Å². The highest BCUT2D eigenvalue weighted by molar-refractivity contribution is 7.26. The Morgan fingerprint density at radius 1 is 0.355 bits per heavy atom. The molecule has 3 heterocycles. The third kappa shape index (κ3) is 9.81. The number of hydrogen-bond donors (Lipinski definition) is 0. The largest absolute Gasteiger partial charge is 0.376 e. The molecule has 11 aromatic carbocycles. The minimum atomic E-state index is -0.321. The van der Waals surface area contributed by atoms with Crippen molar-refractivity contribution in [2.24, 2.45) is 0 Å². The van der Waals surface area contributed by atoms with Crippen molar-refractivity contribution in [1.29, 1.82) is 0 Å². The molecule has 2 aliphatic heterocycles. The van der Waals surface area contributed by atoms with Gasteiger partial charge in [0.1, 0.15) is 0 Å². The van der Waals surface area contributed by atoms with Crippen LogP contribution in [0.25, 0.3) is 53.6 Å². The van der Waals surface area contributed by atoms with E-state index in [4.69, 9.17) is 0 Å². The van der Waals surface area contributed by atoms with Gasteiger partial charge < -0.3 is 14.6 Å². The fraction of sp³-hybridized carbons (Fsp3) is 0.250. The van der Waals surface area contributed by atoms with Gasteiger partial charge in [-0.1, -0.05) is 256 Å². The third-order valence-corrected chi connectivity index (χ3v) is 22.1. The minimum absolute atomic E-state index is 0.00597. The van der Waals surface area contributed by atoms with Crippen molar-refractivity contribution < 1.29 is 0 Å². The number of benzene rings is 11. The van der Waals surface area contributed by atoms with E-state index in [1.807, 2.05) is 11.3 Å². The van der Waals surface area contributed by atoms with E-state index in [0.29, 0.717) is 0 Å². The van der Waals surface area contributed by atoms with Gasteiger partial charge in [0.05, 0.1) is 5.69 Å². The fourth-order valence-electron chi connectivity index (χ4n) is 15.6. The molecule has 462 valence electrons. The zero-order chi connectivity index (χ0) is 65.1. The number of hydrogen-bond acceptors (Lipinski definition) is 4. The van der Waals surface area contributed by atoms with Gasteiger partial charge >= 0.3 is 6.85 Å². The maximum atomic E-state index is 2.79. The van der Waals surface area contributed by atoms with Crippen molar-refractivity contribution in [3.05, 3.63) is 275 Å². The van der Waals surface area contributed by atoms with Crippen LogP contribution >= 0.6 is 11.3 Å². The van der Waals surface area contributed by atoms with E-state index in [1.54, 1.807) is 0 Å². The van der Waals surface area contributed by atoms with Crippen LogP contribution in [0, 0.1) is 0 Å². The Balaban J connectivity index is 1.12. The van der Waals surface area contributed by atoms with E-state index >= 15 is 0 Å². The lowest BCUT2D eigenvalue weighted by atomic mass is 9.42. The molecule has 0 amide bonds. The lowest BCUT2D eigenvalue weighted by Crippen LogP contribution is -2.62. The van der Waals surface area contributed by atoms with Crippen molar-refractivity contribution in [3.8, 4) is 33.4 Å². The van der Waals surface area contributed by atoms with E-state index < -0.39 is 0 Å². The highest BCUT2D eigenvalue weighted by atomic mass is 32.1. The Kier molecular flexibility index (Phi) is 13.8. The second kappa shape index (κ2) is 21.3. The molecule has 0 saturated carbocycles. The van der Waals surface area contributed by atoms with E-state index in [2.05, 4.69) is 356 Å². The summed E-state index contributed by atoms with van der Waals surface area (Å²) in [5, 5.41) is 2.55. The summed E-state index contributed by atoms with van der Waals surface area (Å²) in [5.41, 5.74) is 29.1. The first-order valence-corrected chi connectivity index (χ1v) is 34.4. The predicted molar refractivity (Wildman–Crippen MR) is 404 cm³/mol. The molecule has 0 radical (unpaired) electrons. The molecule has 3 aliphatic rings. The highest BCUT2D eigenvalue weighted by Gasteiger charge is 2.50. The van der Waals surface area contributed by atoms with Crippen molar-refractivity contribution in [2.75, 3.05) is 14.6 Å². The molecule has 0 N–H and O–H groups in total. The summed E-state index contributed by atoms with van der Waals surface area (Å²) >= 11 is 1.95. The molecule has 0 bridgehead atoms. The SMILES string of the molecule is CC(C)(C)c1ccc(N(c2ccc(C(C)(C)C)cc2)c2ccc3c(c2)-c2c4c(cc5c2sc2ccccc25)N(c2ccc(C(C)(C)C)cc2-c2ccccc2)c2cc5c(cc2B4N3c2ccc(C(C)(C)C)cc2-c2ccccc2)C(C)(C)c2ccccc2C5(C)C)cc1. The predicted octanol–water partition coefficient (Wildman–Crippen LogP) is 23.7. The Morgan fingerprint density at radius 3 is 1.33 bits per heavy atom. The summed E-state index contributed by atoms with van der Waals surface area (Å²) in [6.45, 7) is 37.5. The Bertz CT molecular complexity index is 4890. The minimum Gasteiger partial charge on any atom is -0.376 e. The first-order chi connectivity index (χ1) is 44.2. The molecule has 15 rings (SSSR count). The van der Waals surface area contributed by atoms with E-state index in [9.17, 15) is 0 Å². The van der Waals surface area contributed by atoms with Crippen LogP contribution in [0.3, 0.4) is 0 Å². The molecule has 0 saturated heterocycles. The van der Waals surface area contributed by atoms with Gasteiger partial charge in [-0.25, -0.2) is 0 Å². The number of anilines is 8. The third-order valence-electron chi connectivity index (χ3n) is 20.9. The molecule has 0 unspecified atom stereocenters. The van der Waals surface area contributed by atoms with E-state index in [1.165, 1.54) is 132 Å². The second-order valence-corrected chi connectivity index (χ2v) is 32.9. The first kappa shape index (κ1) is 60.4. The van der Waals surface area contributed by atoms with Crippen LogP contribution in [0.15, 0.2) is 231 Å². The normalized spacial score (nSPS) is 14.8. The van der Waals surface area contributed by atoms with Gasteiger partial charge in [-0.05, 0) is 173 Å². The van der Waals surface area contributed by atoms with Crippen LogP contribution in [0.2, 0.25) is 0 Å². The van der Waals surface area contributed by atoms with Gasteiger partial charge in [0.25, 0.3) is 0 Å². The van der Waals surface area contributed by atoms with Crippen LogP contribution in [-0.2, 0) is 32.5 Å². The summed E-state index contributed by atoms with van der Waals surface area (Å²) in [6, 6.07) is 89.6. The Hall–Kier alpha value is -8.90. The number of nitrogens with zero attached hydrogens (tertiary/aromatic N) is 3. The van der Waals surface area contributed by atoms with Crippen molar-refractivity contribution >= 4 is 94.8 Å². The molecule has 5 heteroatoms. The summed E-state index contributed by atoms with van der Waals surface area (Å²) in [7, 11) is 0. The van der Waals surface area contributed by atoms with Crippen LogP contribution in [0.1, 0.15) is 155 Å². The molecule has 0 fully saturated rings. The molecule has 3 nitrogen and oxygen atoms in total. The standard InChI is InChI=1S/C88H86BN3S/c1-83(2,3)57-35-41-61(42-36-57)90(62-43-37-58(38-44-62)84(4,5)6)63-45-48-76-68(51-63)80-81-78(52-67-64-31-23-26-34-79(64)93-82(67)80)91(74-46-39-59(85(7,8)9)49-65(74)55-27-19-17-20-28-55)77-54-72-71(87(13,14)69-32-24-25-33-70(69)88(72,15)16)53-73(77)89(81)92(76)75-47-40-60(86(10,11)12)50-66(75)56-29-21-18-22-30-56/h17-54H,1-16H3. The monoisotopic (exact) mass is 1230 g/mol. The molecular weight excluding hydrogens is 1140 g/mol.